The number of pyridine rings is 1. The van der Waals surface area contributed by atoms with Crippen molar-refractivity contribution in [2.75, 3.05) is 5.32 Å². The van der Waals surface area contributed by atoms with Gasteiger partial charge in [0, 0.05) is 17.3 Å². The van der Waals surface area contributed by atoms with Gasteiger partial charge >= 0.3 is 0 Å². The molecule has 0 radical (unpaired) electrons. The first-order valence-corrected chi connectivity index (χ1v) is 10.3. The lowest BCUT2D eigenvalue weighted by Crippen LogP contribution is -2.22. The molecule has 0 fully saturated rings. The third kappa shape index (κ3) is 3.28. The van der Waals surface area contributed by atoms with Crippen LogP contribution in [0.4, 0.5) is 5.69 Å². The van der Waals surface area contributed by atoms with Crippen LogP contribution in [0.3, 0.4) is 0 Å². The number of nitrogens with zero attached hydrogens (tertiary/aromatic N) is 1. The van der Waals surface area contributed by atoms with Crippen molar-refractivity contribution in [3.63, 3.8) is 0 Å². The Morgan fingerprint density at radius 2 is 1.72 bits per heavy atom. The molecule has 0 amide bonds. The van der Waals surface area contributed by atoms with Gasteiger partial charge in [-0.15, -0.1) is 0 Å². The van der Waals surface area contributed by atoms with Gasteiger partial charge in [0.05, 0.1) is 17.4 Å². The molecule has 0 spiro atoms. The maximum atomic E-state index is 6.71. The van der Waals surface area contributed by atoms with Gasteiger partial charge in [-0.1, -0.05) is 66.7 Å². The molecule has 29 heavy (non-hydrogen) atoms. The van der Waals surface area contributed by atoms with Crippen molar-refractivity contribution in [1.29, 1.82) is 0 Å². The summed E-state index contributed by atoms with van der Waals surface area (Å²) in [6.07, 6.45) is 2.27. The normalized spacial score (nSPS) is 16.8. The zero-order chi connectivity index (χ0) is 19.8. The van der Waals surface area contributed by atoms with E-state index < -0.39 is 0 Å². The highest BCUT2D eigenvalue weighted by Gasteiger charge is 2.19. The van der Waals surface area contributed by atoms with Crippen LogP contribution in [0.1, 0.15) is 36.2 Å². The van der Waals surface area contributed by atoms with Crippen LogP contribution in [0.5, 0.6) is 0 Å². The average Bonchev–Trinajstić information content (AvgIpc) is 2.78. The van der Waals surface area contributed by atoms with Crippen LogP contribution in [0, 0.1) is 0 Å². The second kappa shape index (κ2) is 7.34. The highest BCUT2D eigenvalue weighted by Crippen LogP contribution is 2.35. The first-order chi connectivity index (χ1) is 14.2. The van der Waals surface area contributed by atoms with Crippen molar-refractivity contribution >= 4 is 16.5 Å². The van der Waals surface area contributed by atoms with Crippen molar-refractivity contribution in [2.24, 2.45) is 5.73 Å². The second-order valence-electron chi connectivity index (χ2n) is 7.92. The minimum Gasteiger partial charge on any atom is -0.382 e. The standard InChI is InChI=1S/C26H25N3/c1-17-15-16-19-9-5-12-22(26(19)28-17)23-13-6-14-24(29-23)25(27)21-11-4-8-18-7-2-3-10-20(18)21/h2-14,17,25,28H,15-16,27H2,1H3. The molecule has 0 aliphatic carbocycles. The van der Waals surface area contributed by atoms with Crippen molar-refractivity contribution in [1.82, 2.24) is 4.98 Å². The van der Waals surface area contributed by atoms with Crippen LogP contribution in [-0.4, -0.2) is 11.0 Å². The average molecular weight is 380 g/mol. The van der Waals surface area contributed by atoms with Crippen LogP contribution < -0.4 is 11.1 Å². The lowest BCUT2D eigenvalue weighted by molar-refractivity contribution is 0.681. The Bertz CT molecular complexity index is 1180. The molecule has 4 aromatic rings. The van der Waals surface area contributed by atoms with Gasteiger partial charge in [0.15, 0.2) is 0 Å². The Kier molecular flexibility index (Phi) is 4.53. The number of nitrogens with two attached hydrogens (primary N) is 1. The van der Waals surface area contributed by atoms with Crippen molar-refractivity contribution in [2.45, 2.75) is 31.8 Å². The van der Waals surface area contributed by atoms with Gasteiger partial charge in [-0.05, 0) is 53.8 Å². The maximum absolute atomic E-state index is 6.71. The largest absolute Gasteiger partial charge is 0.382 e. The number of para-hydroxylation sites is 1. The topological polar surface area (TPSA) is 50.9 Å². The van der Waals surface area contributed by atoms with Crippen LogP contribution in [0.15, 0.2) is 78.9 Å². The fraction of sp³-hybridized carbons (Fsp3) is 0.192. The molecular weight excluding hydrogens is 354 g/mol. The molecular formula is C26H25N3. The minimum absolute atomic E-state index is 0.271. The zero-order valence-corrected chi connectivity index (χ0v) is 16.6. The third-order valence-electron chi connectivity index (χ3n) is 5.91. The summed E-state index contributed by atoms with van der Waals surface area (Å²) in [5.74, 6) is 0. The summed E-state index contributed by atoms with van der Waals surface area (Å²) >= 11 is 0. The number of benzene rings is 3. The number of hydrogen-bond donors (Lipinski definition) is 2. The van der Waals surface area contributed by atoms with Gasteiger partial charge in [-0.25, -0.2) is 0 Å². The minimum atomic E-state index is -0.271. The number of aryl methyl sites for hydroxylation is 1. The molecule has 1 aliphatic rings. The van der Waals surface area contributed by atoms with Crippen molar-refractivity contribution in [3.05, 3.63) is 95.7 Å². The summed E-state index contributed by atoms with van der Waals surface area (Å²) in [5.41, 5.74) is 13.4. The summed E-state index contributed by atoms with van der Waals surface area (Å²) < 4.78 is 0. The van der Waals surface area contributed by atoms with Gasteiger partial charge in [0.2, 0.25) is 0 Å². The van der Waals surface area contributed by atoms with E-state index in [-0.39, 0.29) is 6.04 Å². The lowest BCUT2D eigenvalue weighted by Gasteiger charge is -2.26. The number of rotatable bonds is 3. The van der Waals surface area contributed by atoms with Crippen LogP contribution in [0.25, 0.3) is 22.0 Å². The molecule has 0 saturated carbocycles. The lowest BCUT2D eigenvalue weighted by atomic mass is 9.94. The molecule has 3 aromatic carbocycles. The zero-order valence-electron chi connectivity index (χ0n) is 16.6. The molecule has 3 N–H and O–H groups in total. The fourth-order valence-corrected chi connectivity index (χ4v) is 4.34. The summed E-state index contributed by atoms with van der Waals surface area (Å²) in [4.78, 5) is 4.99. The Morgan fingerprint density at radius 1 is 0.931 bits per heavy atom. The van der Waals surface area contributed by atoms with E-state index >= 15 is 0 Å². The first-order valence-electron chi connectivity index (χ1n) is 10.3. The number of hydrogen-bond acceptors (Lipinski definition) is 3. The second-order valence-corrected chi connectivity index (χ2v) is 7.92. The number of fused-ring (bicyclic) bond motifs is 2. The Hall–Kier alpha value is -3.17. The van der Waals surface area contributed by atoms with Gasteiger partial charge in [0.1, 0.15) is 0 Å². The van der Waals surface area contributed by atoms with E-state index in [9.17, 15) is 0 Å². The monoisotopic (exact) mass is 379 g/mol. The summed E-state index contributed by atoms with van der Waals surface area (Å²) in [5, 5.41) is 6.04. The predicted octanol–water partition coefficient (Wildman–Crippen LogP) is 5.70. The van der Waals surface area contributed by atoms with Crippen molar-refractivity contribution in [3.8, 4) is 11.3 Å². The Balaban J connectivity index is 1.57. The SMILES string of the molecule is CC1CCc2cccc(-c3cccc(C(N)c4cccc5ccccc45)n3)c2N1. The van der Waals surface area contributed by atoms with E-state index in [0.717, 1.165) is 35.4 Å². The van der Waals surface area contributed by atoms with E-state index in [2.05, 4.69) is 85.0 Å². The quantitative estimate of drug-likeness (QED) is 0.480. The molecule has 144 valence electrons. The highest BCUT2D eigenvalue weighted by molar-refractivity contribution is 5.86. The molecule has 0 saturated heterocycles. The van der Waals surface area contributed by atoms with E-state index in [1.165, 1.54) is 22.0 Å². The molecule has 3 nitrogen and oxygen atoms in total. The molecule has 3 heteroatoms. The number of aromatic nitrogens is 1. The van der Waals surface area contributed by atoms with Gasteiger partial charge < -0.3 is 11.1 Å². The number of nitrogens with one attached hydrogen (secondary N) is 1. The van der Waals surface area contributed by atoms with Crippen LogP contribution in [0.2, 0.25) is 0 Å². The molecule has 0 bridgehead atoms. The smallest absolute Gasteiger partial charge is 0.0732 e. The van der Waals surface area contributed by atoms with E-state index in [1.54, 1.807) is 0 Å². The molecule has 2 heterocycles. The van der Waals surface area contributed by atoms with E-state index in [4.69, 9.17) is 10.7 Å². The predicted molar refractivity (Wildman–Crippen MR) is 121 cm³/mol. The van der Waals surface area contributed by atoms with E-state index in [0.29, 0.717) is 6.04 Å². The van der Waals surface area contributed by atoms with Crippen LogP contribution >= 0.6 is 0 Å². The summed E-state index contributed by atoms with van der Waals surface area (Å²) in [7, 11) is 0. The molecule has 1 aromatic heterocycles. The Labute approximate surface area is 171 Å². The third-order valence-corrected chi connectivity index (χ3v) is 5.91. The van der Waals surface area contributed by atoms with Crippen LogP contribution in [-0.2, 0) is 6.42 Å². The van der Waals surface area contributed by atoms with Gasteiger partial charge in [-0.2, -0.15) is 0 Å². The van der Waals surface area contributed by atoms with E-state index in [1.807, 2.05) is 6.07 Å². The Morgan fingerprint density at radius 3 is 2.66 bits per heavy atom. The molecule has 2 unspecified atom stereocenters. The molecule has 5 rings (SSSR count). The number of anilines is 1. The molecule has 2 atom stereocenters. The summed E-state index contributed by atoms with van der Waals surface area (Å²) in [6.45, 7) is 2.24. The summed E-state index contributed by atoms with van der Waals surface area (Å²) in [6, 6.07) is 27.5. The van der Waals surface area contributed by atoms with Gasteiger partial charge in [0.25, 0.3) is 0 Å². The van der Waals surface area contributed by atoms with Crippen molar-refractivity contribution < 1.29 is 0 Å². The van der Waals surface area contributed by atoms with Gasteiger partial charge in [-0.3, -0.25) is 4.98 Å². The fourth-order valence-electron chi connectivity index (χ4n) is 4.34. The maximum Gasteiger partial charge on any atom is 0.0732 e. The highest BCUT2D eigenvalue weighted by atomic mass is 14.9. The molecule has 1 aliphatic heterocycles. The first kappa shape index (κ1) is 17.9.